The van der Waals surface area contributed by atoms with Crippen LogP contribution in [0.15, 0.2) is 28.7 Å². The molecule has 2 rings (SSSR count). The maximum absolute atomic E-state index is 12.2. The lowest BCUT2D eigenvalue weighted by Crippen LogP contribution is -2.09. The standard InChI is InChI=1S/C20H18N2O7/c1-11-18(20(25)27-4)14(10-21)19(28-11)22-17(24)8-6-13-5-7-15(29-12(2)23)16(9-13)26-3/h5-9H,1-4H3,(H,22,24)/b8-6+. The molecule has 29 heavy (non-hydrogen) atoms. The van der Waals surface area contributed by atoms with Crippen LogP contribution in [0.5, 0.6) is 11.5 Å². The highest BCUT2D eigenvalue weighted by atomic mass is 16.6. The number of hydrogen-bond donors (Lipinski definition) is 1. The first-order valence-corrected chi connectivity index (χ1v) is 8.28. The predicted molar refractivity (Wildman–Crippen MR) is 101 cm³/mol. The summed E-state index contributed by atoms with van der Waals surface area (Å²) in [7, 11) is 2.60. The molecule has 0 saturated carbocycles. The quantitative estimate of drug-likeness (QED) is 0.447. The van der Waals surface area contributed by atoms with Crippen LogP contribution in [-0.2, 0) is 14.3 Å². The second kappa shape index (κ2) is 9.23. The summed E-state index contributed by atoms with van der Waals surface area (Å²) >= 11 is 0. The van der Waals surface area contributed by atoms with Crippen molar-refractivity contribution in [1.29, 1.82) is 5.26 Å². The normalized spacial score (nSPS) is 10.3. The minimum atomic E-state index is -0.737. The van der Waals surface area contributed by atoms with Crippen molar-refractivity contribution in [1.82, 2.24) is 0 Å². The highest BCUT2D eigenvalue weighted by Crippen LogP contribution is 2.29. The zero-order valence-corrected chi connectivity index (χ0v) is 16.2. The van der Waals surface area contributed by atoms with Crippen molar-refractivity contribution in [2.24, 2.45) is 0 Å². The van der Waals surface area contributed by atoms with Crippen molar-refractivity contribution in [3.05, 3.63) is 46.7 Å². The second-order valence-corrected chi connectivity index (χ2v) is 5.67. The minimum absolute atomic E-state index is 0.0416. The SMILES string of the molecule is COC(=O)c1c(C)oc(NC(=O)/C=C/c2ccc(OC(C)=O)c(OC)c2)c1C#N. The van der Waals surface area contributed by atoms with Crippen LogP contribution in [0.4, 0.5) is 5.88 Å². The van der Waals surface area contributed by atoms with Crippen molar-refractivity contribution >= 4 is 29.8 Å². The number of hydrogen-bond acceptors (Lipinski definition) is 8. The van der Waals surface area contributed by atoms with Crippen LogP contribution in [0.1, 0.15) is 34.2 Å². The zero-order chi connectivity index (χ0) is 21.6. The lowest BCUT2D eigenvalue weighted by molar-refractivity contribution is -0.132. The Kier molecular flexibility index (Phi) is 6.76. The number of rotatable bonds is 6. The lowest BCUT2D eigenvalue weighted by Gasteiger charge is -2.08. The molecule has 0 spiro atoms. The second-order valence-electron chi connectivity index (χ2n) is 5.67. The highest BCUT2D eigenvalue weighted by molar-refractivity contribution is 6.03. The fourth-order valence-corrected chi connectivity index (χ4v) is 2.44. The van der Waals surface area contributed by atoms with Gasteiger partial charge in [0.2, 0.25) is 5.88 Å². The monoisotopic (exact) mass is 398 g/mol. The number of methoxy groups -OCH3 is 2. The van der Waals surface area contributed by atoms with E-state index in [1.165, 1.54) is 46.3 Å². The van der Waals surface area contributed by atoms with E-state index in [0.29, 0.717) is 11.3 Å². The van der Waals surface area contributed by atoms with Crippen LogP contribution in [0.2, 0.25) is 0 Å². The molecule has 0 fully saturated rings. The van der Waals surface area contributed by atoms with Gasteiger partial charge in [0.15, 0.2) is 11.5 Å². The summed E-state index contributed by atoms with van der Waals surface area (Å²) in [4.78, 5) is 35.1. The number of aryl methyl sites for hydroxylation is 1. The third-order valence-corrected chi connectivity index (χ3v) is 3.69. The van der Waals surface area contributed by atoms with Gasteiger partial charge in [-0.2, -0.15) is 5.26 Å². The van der Waals surface area contributed by atoms with Gasteiger partial charge in [-0.3, -0.25) is 14.9 Å². The molecule has 0 saturated heterocycles. The molecule has 1 N–H and O–H groups in total. The molecular weight excluding hydrogens is 380 g/mol. The van der Waals surface area contributed by atoms with E-state index in [2.05, 4.69) is 10.1 Å². The Morgan fingerprint density at radius 1 is 1.21 bits per heavy atom. The average molecular weight is 398 g/mol. The van der Waals surface area contributed by atoms with Crippen molar-refractivity contribution in [3.8, 4) is 17.6 Å². The molecule has 9 heteroatoms. The number of nitrogens with one attached hydrogen (secondary N) is 1. The third kappa shape index (κ3) is 5.01. The predicted octanol–water partition coefficient (Wildman–Crippen LogP) is 2.83. The van der Waals surface area contributed by atoms with Crippen molar-refractivity contribution in [3.63, 3.8) is 0 Å². The Morgan fingerprint density at radius 3 is 2.52 bits per heavy atom. The number of amides is 1. The smallest absolute Gasteiger partial charge is 0.342 e. The number of anilines is 1. The largest absolute Gasteiger partial charge is 0.493 e. The van der Waals surface area contributed by atoms with Crippen LogP contribution in [0.25, 0.3) is 6.08 Å². The number of carbonyl (C=O) groups is 3. The number of benzene rings is 1. The molecule has 0 radical (unpaired) electrons. The van der Waals surface area contributed by atoms with Gasteiger partial charge in [-0.1, -0.05) is 6.07 Å². The van der Waals surface area contributed by atoms with E-state index in [-0.39, 0.29) is 28.5 Å². The summed E-state index contributed by atoms with van der Waals surface area (Å²) in [6.45, 7) is 2.75. The molecule has 1 aromatic heterocycles. The first-order valence-electron chi connectivity index (χ1n) is 8.28. The van der Waals surface area contributed by atoms with Gasteiger partial charge in [0, 0.05) is 13.0 Å². The maximum Gasteiger partial charge on any atom is 0.342 e. The van der Waals surface area contributed by atoms with Gasteiger partial charge in [-0.15, -0.1) is 0 Å². The fourth-order valence-electron chi connectivity index (χ4n) is 2.44. The van der Waals surface area contributed by atoms with E-state index in [0.717, 1.165) is 0 Å². The summed E-state index contributed by atoms with van der Waals surface area (Å²) in [5, 5.41) is 11.7. The summed E-state index contributed by atoms with van der Waals surface area (Å²) in [6.07, 6.45) is 2.69. The molecule has 0 atom stereocenters. The topological polar surface area (TPSA) is 128 Å². The van der Waals surface area contributed by atoms with Crippen LogP contribution >= 0.6 is 0 Å². The molecule has 0 aliphatic heterocycles. The van der Waals surface area contributed by atoms with Crippen molar-refractivity contribution in [2.75, 3.05) is 19.5 Å². The first-order chi connectivity index (χ1) is 13.8. The molecule has 0 unspecified atom stereocenters. The Morgan fingerprint density at radius 2 is 1.93 bits per heavy atom. The van der Waals surface area contributed by atoms with Crippen LogP contribution in [0.3, 0.4) is 0 Å². The Hall–Kier alpha value is -4.06. The number of nitrogens with zero attached hydrogens (tertiary/aromatic N) is 1. The highest BCUT2D eigenvalue weighted by Gasteiger charge is 2.25. The van der Waals surface area contributed by atoms with Crippen LogP contribution < -0.4 is 14.8 Å². The number of carbonyl (C=O) groups excluding carboxylic acids is 3. The summed E-state index contributed by atoms with van der Waals surface area (Å²) in [5.74, 6) is -1.24. The lowest BCUT2D eigenvalue weighted by atomic mass is 10.1. The van der Waals surface area contributed by atoms with E-state index in [9.17, 15) is 19.6 Å². The van der Waals surface area contributed by atoms with E-state index < -0.39 is 17.8 Å². The maximum atomic E-state index is 12.2. The summed E-state index contributed by atoms with van der Waals surface area (Å²) < 4.78 is 20.1. The molecule has 1 aromatic carbocycles. The van der Waals surface area contributed by atoms with Gasteiger partial charge >= 0.3 is 11.9 Å². The van der Waals surface area contributed by atoms with Gasteiger partial charge in [0.1, 0.15) is 23.0 Å². The molecule has 9 nitrogen and oxygen atoms in total. The molecule has 1 amide bonds. The molecule has 0 aliphatic carbocycles. The zero-order valence-electron chi connectivity index (χ0n) is 16.2. The number of furan rings is 1. The van der Waals surface area contributed by atoms with Gasteiger partial charge in [-0.05, 0) is 30.7 Å². The van der Waals surface area contributed by atoms with Gasteiger partial charge in [0.25, 0.3) is 5.91 Å². The molecular formula is C20H18N2O7. The Labute approximate surface area is 166 Å². The van der Waals surface area contributed by atoms with Crippen molar-refractivity contribution < 1.29 is 33.0 Å². The fraction of sp³-hybridized carbons (Fsp3) is 0.200. The van der Waals surface area contributed by atoms with Crippen LogP contribution in [0, 0.1) is 18.3 Å². The van der Waals surface area contributed by atoms with E-state index in [1.54, 1.807) is 12.1 Å². The number of ether oxygens (including phenoxy) is 3. The Bertz CT molecular complexity index is 1030. The van der Waals surface area contributed by atoms with Gasteiger partial charge < -0.3 is 18.6 Å². The van der Waals surface area contributed by atoms with Gasteiger partial charge in [-0.25, -0.2) is 4.79 Å². The number of esters is 2. The summed E-state index contributed by atoms with van der Waals surface area (Å²) in [6, 6.07) is 6.56. The molecule has 0 bridgehead atoms. The van der Waals surface area contributed by atoms with Gasteiger partial charge in [0.05, 0.1) is 14.2 Å². The Balaban J connectivity index is 2.20. The average Bonchev–Trinajstić information content (AvgIpc) is 3.00. The molecule has 1 heterocycles. The van der Waals surface area contributed by atoms with Crippen LogP contribution in [-0.4, -0.2) is 32.1 Å². The molecule has 150 valence electrons. The molecule has 2 aromatic rings. The summed E-state index contributed by atoms with van der Waals surface area (Å²) in [5.41, 5.74) is 0.433. The number of nitriles is 1. The van der Waals surface area contributed by atoms with E-state index in [1.807, 2.05) is 6.07 Å². The molecule has 0 aliphatic rings. The minimum Gasteiger partial charge on any atom is -0.493 e. The van der Waals surface area contributed by atoms with Crippen molar-refractivity contribution in [2.45, 2.75) is 13.8 Å². The van der Waals surface area contributed by atoms with E-state index in [4.69, 9.17) is 13.9 Å². The third-order valence-electron chi connectivity index (χ3n) is 3.69. The first kappa shape index (κ1) is 21.2. The van der Waals surface area contributed by atoms with E-state index >= 15 is 0 Å².